The standard InChI is InChI=1S/C15H20FN5S.HI/c1-17-15(19-11-13-7-9-20-21-13)18-8-2-10-22-14-5-3-12(16)4-6-14;/h3-7,9H,2,8,10-11H2,1H3,(H,20,21)(H2,17,18,19);1H. The van der Waals surface area contributed by atoms with Gasteiger partial charge in [-0.1, -0.05) is 0 Å². The van der Waals surface area contributed by atoms with Crippen molar-refractivity contribution in [2.45, 2.75) is 17.9 Å². The van der Waals surface area contributed by atoms with Crippen molar-refractivity contribution in [1.82, 2.24) is 20.8 Å². The largest absolute Gasteiger partial charge is 0.356 e. The fourth-order valence-electron chi connectivity index (χ4n) is 1.78. The summed E-state index contributed by atoms with van der Waals surface area (Å²) in [6.07, 6.45) is 2.71. The number of halogens is 2. The fourth-order valence-corrected chi connectivity index (χ4v) is 2.64. The third kappa shape index (κ3) is 7.69. The molecule has 2 aromatic rings. The van der Waals surface area contributed by atoms with Gasteiger partial charge in [-0.25, -0.2) is 4.39 Å². The van der Waals surface area contributed by atoms with Gasteiger partial charge < -0.3 is 10.6 Å². The van der Waals surface area contributed by atoms with E-state index in [4.69, 9.17) is 0 Å². The van der Waals surface area contributed by atoms with E-state index >= 15 is 0 Å². The maximum Gasteiger partial charge on any atom is 0.191 e. The summed E-state index contributed by atoms with van der Waals surface area (Å²) in [5.74, 6) is 1.54. The maximum absolute atomic E-state index is 12.8. The van der Waals surface area contributed by atoms with Crippen molar-refractivity contribution in [2.24, 2.45) is 4.99 Å². The van der Waals surface area contributed by atoms with Crippen molar-refractivity contribution in [3.05, 3.63) is 48.0 Å². The van der Waals surface area contributed by atoms with Crippen molar-refractivity contribution in [2.75, 3.05) is 19.3 Å². The molecule has 0 atom stereocenters. The number of aliphatic imine (C=N–C) groups is 1. The van der Waals surface area contributed by atoms with Gasteiger partial charge in [-0.15, -0.1) is 35.7 Å². The van der Waals surface area contributed by atoms with Crippen molar-refractivity contribution < 1.29 is 4.39 Å². The summed E-state index contributed by atoms with van der Waals surface area (Å²) >= 11 is 1.72. The quantitative estimate of drug-likeness (QED) is 0.200. The lowest BCUT2D eigenvalue weighted by Gasteiger charge is -2.11. The van der Waals surface area contributed by atoms with Gasteiger partial charge in [0.1, 0.15) is 5.82 Å². The third-order valence-corrected chi connectivity index (χ3v) is 4.02. The average Bonchev–Trinajstić information content (AvgIpc) is 3.05. The summed E-state index contributed by atoms with van der Waals surface area (Å²) in [6.45, 7) is 1.49. The van der Waals surface area contributed by atoms with E-state index in [2.05, 4.69) is 25.8 Å². The van der Waals surface area contributed by atoms with Crippen molar-refractivity contribution in [3.63, 3.8) is 0 Å². The molecule has 0 saturated carbocycles. The second-order valence-electron chi connectivity index (χ2n) is 4.59. The minimum atomic E-state index is -0.196. The molecule has 8 heteroatoms. The van der Waals surface area contributed by atoms with Crippen LogP contribution in [0.4, 0.5) is 4.39 Å². The highest BCUT2D eigenvalue weighted by molar-refractivity contribution is 14.0. The molecular formula is C15H21FIN5S. The molecule has 5 nitrogen and oxygen atoms in total. The molecule has 1 aromatic carbocycles. The molecule has 1 heterocycles. The fraction of sp³-hybridized carbons (Fsp3) is 0.333. The number of hydrogen-bond acceptors (Lipinski definition) is 3. The zero-order chi connectivity index (χ0) is 15.6. The van der Waals surface area contributed by atoms with E-state index in [1.54, 1.807) is 37.1 Å². The highest BCUT2D eigenvalue weighted by atomic mass is 127. The van der Waals surface area contributed by atoms with Crippen LogP contribution in [0.5, 0.6) is 0 Å². The van der Waals surface area contributed by atoms with Crippen LogP contribution >= 0.6 is 35.7 Å². The molecule has 0 spiro atoms. The number of thioether (sulfide) groups is 1. The molecule has 0 amide bonds. The first-order valence-corrected chi connectivity index (χ1v) is 8.07. The number of hydrogen-bond donors (Lipinski definition) is 3. The molecule has 0 aliphatic rings. The van der Waals surface area contributed by atoms with Crippen LogP contribution < -0.4 is 10.6 Å². The molecular weight excluding hydrogens is 428 g/mol. The summed E-state index contributed by atoms with van der Waals surface area (Å²) in [6, 6.07) is 8.50. The predicted molar refractivity (Wildman–Crippen MR) is 104 cm³/mol. The molecule has 0 fully saturated rings. The van der Waals surface area contributed by atoms with E-state index in [9.17, 15) is 4.39 Å². The first-order valence-electron chi connectivity index (χ1n) is 7.09. The lowest BCUT2D eigenvalue weighted by atomic mass is 10.4. The number of nitrogens with zero attached hydrogens (tertiary/aromatic N) is 2. The Hall–Kier alpha value is -1.29. The first kappa shape index (κ1) is 19.8. The van der Waals surface area contributed by atoms with E-state index in [-0.39, 0.29) is 29.8 Å². The number of guanidine groups is 1. The van der Waals surface area contributed by atoms with Crippen LogP contribution in [0.25, 0.3) is 0 Å². The van der Waals surface area contributed by atoms with Crippen molar-refractivity contribution >= 4 is 41.7 Å². The van der Waals surface area contributed by atoms with Crippen LogP contribution in [-0.2, 0) is 6.54 Å². The highest BCUT2D eigenvalue weighted by Crippen LogP contribution is 2.18. The molecule has 126 valence electrons. The van der Waals surface area contributed by atoms with Crippen molar-refractivity contribution in [3.8, 4) is 0 Å². The van der Waals surface area contributed by atoms with Crippen LogP contribution in [-0.4, -0.2) is 35.5 Å². The molecule has 0 saturated heterocycles. The van der Waals surface area contributed by atoms with Gasteiger partial charge in [0, 0.05) is 24.7 Å². The monoisotopic (exact) mass is 449 g/mol. The SMILES string of the molecule is CN=C(NCCCSc1ccc(F)cc1)NCc1ccn[nH]1.I. The van der Waals surface area contributed by atoms with Crippen LogP contribution in [0.1, 0.15) is 12.1 Å². The summed E-state index contributed by atoms with van der Waals surface area (Å²) in [4.78, 5) is 5.25. The maximum atomic E-state index is 12.8. The Labute approximate surface area is 157 Å². The van der Waals surface area contributed by atoms with Gasteiger partial charge in [0.2, 0.25) is 0 Å². The van der Waals surface area contributed by atoms with E-state index in [0.29, 0.717) is 6.54 Å². The topological polar surface area (TPSA) is 65.1 Å². The molecule has 23 heavy (non-hydrogen) atoms. The van der Waals surface area contributed by atoms with Crippen LogP contribution in [0, 0.1) is 5.82 Å². The second-order valence-corrected chi connectivity index (χ2v) is 5.76. The Morgan fingerprint density at radius 3 is 2.70 bits per heavy atom. The Morgan fingerprint density at radius 1 is 1.26 bits per heavy atom. The van der Waals surface area contributed by atoms with Gasteiger partial charge in [0.25, 0.3) is 0 Å². The Morgan fingerprint density at radius 2 is 2.04 bits per heavy atom. The van der Waals surface area contributed by atoms with E-state index in [1.807, 2.05) is 6.07 Å². The number of nitrogens with one attached hydrogen (secondary N) is 3. The Bertz CT molecular complexity index is 574. The normalized spacial score (nSPS) is 11.0. The zero-order valence-corrected chi connectivity index (χ0v) is 16.0. The molecule has 3 N–H and O–H groups in total. The smallest absolute Gasteiger partial charge is 0.191 e. The lowest BCUT2D eigenvalue weighted by molar-refractivity contribution is 0.626. The molecule has 2 rings (SSSR count). The molecule has 1 aromatic heterocycles. The van der Waals surface area contributed by atoms with Gasteiger partial charge in [-0.05, 0) is 42.5 Å². The highest BCUT2D eigenvalue weighted by Gasteiger charge is 1.99. The van der Waals surface area contributed by atoms with Gasteiger partial charge in [-0.2, -0.15) is 5.10 Å². The van der Waals surface area contributed by atoms with Crippen LogP contribution in [0.2, 0.25) is 0 Å². The summed E-state index contributed by atoms with van der Waals surface area (Å²) in [7, 11) is 1.75. The molecule has 0 radical (unpaired) electrons. The summed E-state index contributed by atoms with van der Waals surface area (Å²) in [5, 5.41) is 13.2. The van der Waals surface area contributed by atoms with Gasteiger partial charge >= 0.3 is 0 Å². The second kappa shape index (κ2) is 11.3. The minimum Gasteiger partial charge on any atom is -0.356 e. The molecule has 0 aliphatic heterocycles. The van der Waals surface area contributed by atoms with Gasteiger partial charge in [-0.3, -0.25) is 10.1 Å². The summed E-state index contributed by atoms with van der Waals surface area (Å²) < 4.78 is 12.8. The molecule has 0 aliphatic carbocycles. The molecule has 0 unspecified atom stereocenters. The number of aromatic nitrogens is 2. The number of aromatic amines is 1. The summed E-state index contributed by atoms with van der Waals surface area (Å²) in [5.41, 5.74) is 1.01. The first-order chi connectivity index (χ1) is 10.8. The van der Waals surface area contributed by atoms with E-state index in [1.165, 1.54) is 12.1 Å². The predicted octanol–water partition coefficient (Wildman–Crippen LogP) is 3.01. The van der Waals surface area contributed by atoms with Crippen LogP contribution in [0.15, 0.2) is 46.4 Å². The van der Waals surface area contributed by atoms with Crippen molar-refractivity contribution in [1.29, 1.82) is 0 Å². The Kier molecular flexibility index (Phi) is 9.69. The zero-order valence-electron chi connectivity index (χ0n) is 12.9. The number of H-pyrrole nitrogens is 1. The lowest BCUT2D eigenvalue weighted by Crippen LogP contribution is -2.37. The third-order valence-electron chi connectivity index (χ3n) is 2.92. The number of rotatable bonds is 7. The van der Waals surface area contributed by atoms with Crippen LogP contribution in [0.3, 0.4) is 0 Å². The average molecular weight is 449 g/mol. The minimum absolute atomic E-state index is 0. The molecule has 0 bridgehead atoms. The van der Waals surface area contributed by atoms with E-state index < -0.39 is 0 Å². The van der Waals surface area contributed by atoms with Gasteiger partial charge in [0.05, 0.1) is 12.2 Å². The number of benzene rings is 1. The van der Waals surface area contributed by atoms with E-state index in [0.717, 1.165) is 35.3 Å². The van der Waals surface area contributed by atoms with Gasteiger partial charge in [0.15, 0.2) is 5.96 Å². The Balaban J connectivity index is 0.00000264.